The zero-order chi connectivity index (χ0) is 30.0. The minimum absolute atomic E-state index is 0.0791. The van der Waals surface area contributed by atoms with Crippen LogP contribution in [0.5, 0.6) is 5.75 Å². The molecule has 5 aromatic rings. The lowest BCUT2D eigenvalue weighted by atomic mass is 9.94. The van der Waals surface area contributed by atoms with E-state index in [4.69, 9.17) is 9.72 Å². The molecular formula is C37H32FN3O3. The highest BCUT2D eigenvalue weighted by Crippen LogP contribution is 2.44. The fraction of sp³-hybridized carbons (Fsp3) is 0.216. The number of hydrogen-bond donors (Lipinski definition) is 0. The maximum atomic E-state index is 14.4. The zero-order valence-electron chi connectivity index (χ0n) is 24.3. The van der Waals surface area contributed by atoms with Gasteiger partial charge in [0.05, 0.1) is 11.1 Å². The largest absolute Gasteiger partial charge is 0.478 e. The Labute approximate surface area is 255 Å². The van der Waals surface area contributed by atoms with Crippen LogP contribution in [0.25, 0.3) is 10.9 Å². The van der Waals surface area contributed by atoms with Crippen molar-refractivity contribution < 1.29 is 18.7 Å². The summed E-state index contributed by atoms with van der Waals surface area (Å²) in [5.74, 6) is -0.278. The van der Waals surface area contributed by atoms with E-state index in [0.717, 1.165) is 36.0 Å². The van der Waals surface area contributed by atoms with Crippen molar-refractivity contribution in [1.29, 1.82) is 0 Å². The van der Waals surface area contributed by atoms with E-state index in [1.165, 1.54) is 12.1 Å². The van der Waals surface area contributed by atoms with E-state index in [-0.39, 0.29) is 30.7 Å². The summed E-state index contributed by atoms with van der Waals surface area (Å²) in [6.07, 6.45) is 4.16. The van der Waals surface area contributed by atoms with Gasteiger partial charge in [0.15, 0.2) is 5.75 Å². The number of piperidine rings is 1. The van der Waals surface area contributed by atoms with Crippen molar-refractivity contribution in [2.45, 2.75) is 38.5 Å². The number of halogens is 1. The summed E-state index contributed by atoms with van der Waals surface area (Å²) in [6.45, 7) is 1.88. The molecule has 0 atom stereocenters. The minimum atomic E-state index is -0.519. The van der Waals surface area contributed by atoms with Crippen LogP contribution in [0.15, 0.2) is 103 Å². The van der Waals surface area contributed by atoms with E-state index in [1.807, 2.05) is 77.7 Å². The van der Waals surface area contributed by atoms with Crippen LogP contribution in [0, 0.1) is 5.82 Å². The Morgan fingerprint density at radius 2 is 1.50 bits per heavy atom. The highest BCUT2D eigenvalue weighted by atomic mass is 19.1. The minimum Gasteiger partial charge on any atom is -0.478 e. The number of hydrogen-bond acceptors (Lipinski definition) is 4. The molecule has 0 N–H and O–H groups in total. The molecule has 3 heterocycles. The molecule has 220 valence electrons. The van der Waals surface area contributed by atoms with E-state index >= 15 is 0 Å². The maximum absolute atomic E-state index is 14.4. The monoisotopic (exact) mass is 585 g/mol. The first-order valence-electron chi connectivity index (χ1n) is 15.1. The number of benzene rings is 4. The van der Waals surface area contributed by atoms with Crippen molar-refractivity contribution in [3.05, 3.63) is 142 Å². The molecule has 7 heteroatoms. The quantitative estimate of drug-likeness (QED) is 0.201. The number of carbonyl (C=O) groups is 2. The molecule has 0 radical (unpaired) electrons. The molecule has 44 heavy (non-hydrogen) atoms. The van der Waals surface area contributed by atoms with Crippen LogP contribution in [0.4, 0.5) is 4.39 Å². The third-order valence-electron chi connectivity index (χ3n) is 8.56. The number of rotatable bonds is 7. The van der Waals surface area contributed by atoms with E-state index < -0.39 is 6.10 Å². The predicted molar refractivity (Wildman–Crippen MR) is 167 cm³/mol. The Kier molecular flexibility index (Phi) is 7.52. The smallest absolute Gasteiger partial charge is 0.258 e. The summed E-state index contributed by atoms with van der Waals surface area (Å²) < 4.78 is 20.6. The van der Waals surface area contributed by atoms with Crippen molar-refractivity contribution in [3.63, 3.8) is 0 Å². The van der Waals surface area contributed by atoms with Crippen LogP contribution < -0.4 is 4.74 Å². The summed E-state index contributed by atoms with van der Waals surface area (Å²) in [6, 6.07) is 29.7. The molecule has 1 saturated heterocycles. The van der Waals surface area contributed by atoms with Crippen LogP contribution >= 0.6 is 0 Å². The number of carbonyl (C=O) groups excluding carboxylic acids is 2. The summed E-state index contributed by atoms with van der Waals surface area (Å²) >= 11 is 0. The van der Waals surface area contributed by atoms with Gasteiger partial charge in [-0.05, 0) is 54.2 Å². The van der Waals surface area contributed by atoms with Gasteiger partial charge in [0.2, 0.25) is 0 Å². The molecule has 7 rings (SSSR count). The van der Waals surface area contributed by atoms with Gasteiger partial charge >= 0.3 is 0 Å². The van der Waals surface area contributed by atoms with Crippen LogP contribution in [0.1, 0.15) is 68.3 Å². The van der Waals surface area contributed by atoms with Gasteiger partial charge in [0.1, 0.15) is 17.4 Å². The van der Waals surface area contributed by atoms with Gasteiger partial charge in [0.25, 0.3) is 11.8 Å². The third kappa shape index (κ3) is 5.19. The lowest BCUT2D eigenvalue weighted by Crippen LogP contribution is -2.36. The van der Waals surface area contributed by atoms with Crippen molar-refractivity contribution in [2.24, 2.45) is 0 Å². The molecule has 2 aliphatic heterocycles. The molecule has 0 spiro atoms. The number of aromatic nitrogens is 1. The second-order valence-corrected chi connectivity index (χ2v) is 11.4. The fourth-order valence-electron chi connectivity index (χ4n) is 6.39. The Bertz CT molecular complexity index is 1780. The van der Waals surface area contributed by atoms with Gasteiger partial charge in [0, 0.05) is 43.3 Å². The van der Waals surface area contributed by atoms with E-state index in [0.29, 0.717) is 46.4 Å². The van der Waals surface area contributed by atoms with Crippen LogP contribution in [-0.2, 0) is 13.1 Å². The molecule has 1 aromatic heterocycles. The summed E-state index contributed by atoms with van der Waals surface area (Å²) in [5, 5.41) is 0.674. The SMILES string of the molecule is O=C1c2c(c(C(=O)N3CCCCC3)c3cccnc3c2OC(c2ccccc2)c2ccccc2)CN1Cc1ccc(F)cc1. The molecule has 2 aliphatic rings. The van der Waals surface area contributed by atoms with Crippen LogP contribution in [-0.4, -0.2) is 39.7 Å². The molecule has 0 bridgehead atoms. The van der Waals surface area contributed by atoms with E-state index in [1.54, 1.807) is 23.2 Å². The molecule has 1 fully saturated rings. The van der Waals surface area contributed by atoms with Gasteiger partial charge in [-0.2, -0.15) is 0 Å². The Morgan fingerprint density at radius 1 is 0.841 bits per heavy atom. The maximum Gasteiger partial charge on any atom is 0.258 e. The number of nitrogens with zero attached hydrogens (tertiary/aromatic N) is 3. The second-order valence-electron chi connectivity index (χ2n) is 11.4. The molecule has 0 aliphatic carbocycles. The summed E-state index contributed by atoms with van der Waals surface area (Å²) in [5.41, 5.74) is 4.69. The van der Waals surface area contributed by atoms with Gasteiger partial charge in [-0.1, -0.05) is 78.9 Å². The first-order valence-corrected chi connectivity index (χ1v) is 15.1. The van der Waals surface area contributed by atoms with Crippen molar-refractivity contribution in [1.82, 2.24) is 14.8 Å². The number of pyridine rings is 1. The van der Waals surface area contributed by atoms with Crippen LogP contribution in [0.2, 0.25) is 0 Å². The molecule has 0 unspecified atom stereocenters. The third-order valence-corrected chi connectivity index (χ3v) is 8.56. The molecule has 0 saturated carbocycles. The summed E-state index contributed by atoms with van der Waals surface area (Å²) in [7, 11) is 0. The van der Waals surface area contributed by atoms with Crippen molar-refractivity contribution in [3.8, 4) is 5.75 Å². The standard InChI is InChI=1S/C37H32FN3O3/c38-28-18-16-25(17-19-28)23-41-24-30-31(36(42)40-21-8-3-9-22-40)29-15-10-20-39-33(29)35(32(30)37(41)43)44-34(26-11-4-1-5-12-26)27-13-6-2-7-14-27/h1-2,4-7,10-20,34H,3,8-9,21-24H2. The number of fused-ring (bicyclic) bond motifs is 2. The topological polar surface area (TPSA) is 62.7 Å². The average Bonchev–Trinajstić information content (AvgIpc) is 3.39. The Hall–Kier alpha value is -5.04. The van der Waals surface area contributed by atoms with Gasteiger partial charge in [-0.3, -0.25) is 14.6 Å². The fourth-order valence-corrected chi connectivity index (χ4v) is 6.39. The second kappa shape index (κ2) is 11.9. The lowest BCUT2D eigenvalue weighted by molar-refractivity contribution is 0.0719. The normalized spacial score (nSPS) is 14.7. The van der Waals surface area contributed by atoms with E-state index in [9.17, 15) is 14.0 Å². The number of likely N-dealkylation sites (tertiary alicyclic amines) is 1. The summed E-state index contributed by atoms with van der Waals surface area (Å²) in [4.78, 5) is 36.9. The Balaban J connectivity index is 1.41. The number of amides is 2. The lowest BCUT2D eigenvalue weighted by Gasteiger charge is -2.28. The molecular weight excluding hydrogens is 553 g/mol. The highest BCUT2D eigenvalue weighted by Gasteiger charge is 2.39. The van der Waals surface area contributed by atoms with Crippen molar-refractivity contribution in [2.75, 3.05) is 13.1 Å². The first kappa shape index (κ1) is 27.8. The van der Waals surface area contributed by atoms with Crippen LogP contribution in [0.3, 0.4) is 0 Å². The van der Waals surface area contributed by atoms with Gasteiger partial charge in [-0.15, -0.1) is 0 Å². The molecule has 4 aromatic carbocycles. The Morgan fingerprint density at radius 3 is 2.16 bits per heavy atom. The number of ether oxygens (including phenoxy) is 1. The average molecular weight is 586 g/mol. The molecule has 2 amide bonds. The predicted octanol–water partition coefficient (Wildman–Crippen LogP) is 7.32. The zero-order valence-corrected chi connectivity index (χ0v) is 24.3. The van der Waals surface area contributed by atoms with E-state index in [2.05, 4.69) is 0 Å². The van der Waals surface area contributed by atoms with Gasteiger partial charge < -0.3 is 14.5 Å². The highest BCUT2D eigenvalue weighted by molar-refractivity contribution is 6.16. The van der Waals surface area contributed by atoms with Gasteiger partial charge in [-0.25, -0.2) is 4.39 Å². The van der Waals surface area contributed by atoms with Crippen molar-refractivity contribution >= 4 is 22.7 Å². The molecule has 6 nitrogen and oxygen atoms in total. The first-order chi connectivity index (χ1) is 21.6.